The summed E-state index contributed by atoms with van der Waals surface area (Å²) in [5.41, 5.74) is 1.98. The first-order chi connectivity index (χ1) is 12.2. The molecule has 5 rings (SSSR count). The maximum atomic E-state index is 12.9. The third-order valence-corrected chi connectivity index (χ3v) is 7.49. The Labute approximate surface area is 150 Å². The Morgan fingerprint density at radius 3 is 2.40 bits per heavy atom. The number of carbonyl (C=O) groups excluding carboxylic acids is 1. The van der Waals surface area contributed by atoms with E-state index in [-0.39, 0.29) is 5.60 Å². The second kappa shape index (κ2) is 5.75. The van der Waals surface area contributed by atoms with Crippen molar-refractivity contribution >= 4 is 5.91 Å². The van der Waals surface area contributed by atoms with Gasteiger partial charge >= 0.3 is 0 Å². The van der Waals surface area contributed by atoms with E-state index >= 15 is 0 Å². The van der Waals surface area contributed by atoms with Crippen molar-refractivity contribution in [1.82, 2.24) is 4.90 Å². The van der Waals surface area contributed by atoms with E-state index in [4.69, 9.17) is 4.74 Å². The number of benzene rings is 1. The third kappa shape index (κ3) is 2.86. The summed E-state index contributed by atoms with van der Waals surface area (Å²) >= 11 is 0. The fourth-order valence-electron chi connectivity index (χ4n) is 5.36. The molecule has 3 heteroatoms. The number of carbonyl (C=O) groups is 1. The lowest BCUT2D eigenvalue weighted by atomic mass is 9.78. The third-order valence-electron chi connectivity index (χ3n) is 7.49. The highest BCUT2D eigenvalue weighted by Crippen LogP contribution is 2.57. The summed E-state index contributed by atoms with van der Waals surface area (Å²) in [5, 5.41) is 0. The van der Waals surface area contributed by atoms with Gasteiger partial charge in [-0.15, -0.1) is 0 Å². The van der Waals surface area contributed by atoms with E-state index < -0.39 is 0 Å². The van der Waals surface area contributed by atoms with Crippen molar-refractivity contribution in [2.24, 2.45) is 11.3 Å². The van der Waals surface area contributed by atoms with Gasteiger partial charge in [-0.05, 0) is 68.4 Å². The van der Waals surface area contributed by atoms with Crippen molar-refractivity contribution < 1.29 is 9.53 Å². The van der Waals surface area contributed by atoms with Crippen LogP contribution in [0.3, 0.4) is 0 Å². The van der Waals surface area contributed by atoms with Gasteiger partial charge in [-0.25, -0.2) is 0 Å². The molecule has 3 fully saturated rings. The fraction of sp³-hybridized carbons (Fsp3) is 0.682. The van der Waals surface area contributed by atoms with Crippen LogP contribution in [-0.2, 0) is 11.2 Å². The van der Waals surface area contributed by atoms with E-state index in [9.17, 15) is 4.79 Å². The molecule has 25 heavy (non-hydrogen) atoms. The van der Waals surface area contributed by atoms with E-state index in [1.54, 1.807) is 0 Å². The second-order valence-corrected chi connectivity index (χ2v) is 8.99. The summed E-state index contributed by atoms with van der Waals surface area (Å²) in [6, 6.07) is 8.43. The van der Waals surface area contributed by atoms with E-state index in [0.717, 1.165) is 57.4 Å². The summed E-state index contributed by atoms with van der Waals surface area (Å²) in [5.74, 6) is 1.80. The van der Waals surface area contributed by atoms with Crippen LogP contribution in [0, 0.1) is 11.3 Å². The number of ether oxygens (including phenoxy) is 1. The Bertz CT molecular complexity index is 660. The van der Waals surface area contributed by atoms with Gasteiger partial charge in [0.25, 0.3) is 0 Å². The average Bonchev–Trinajstić information content (AvgIpc) is 3.41. The molecule has 2 aliphatic carbocycles. The average molecular weight is 339 g/mol. The smallest absolute Gasteiger partial charge is 0.225 e. The first-order valence-corrected chi connectivity index (χ1v) is 10.2. The summed E-state index contributed by atoms with van der Waals surface area (Å²) in [4.78, 5) is 15.1. The first-order valence-electron chi connectivity index (χ1n) is 10.2. The molecule has 1 saturated heterocycles. The Kier molecular flexibility index (Phi) is 3.62. The van der Waals surface area contributed by atoms with Crippen molar-refractivity contribution in [3.63, 3.8) is 0 Å². The summed E-state index contributed by atoms with van der Waals surface area (Å²) in [6.45, 7) is 1.76. The van der Waals surface area contributed by atoms with Crippen LogP contribution in [0.15, 0.2) is 24.3 Å². The monoisotopic (exact) mass is 339 g/mol. The van der Waals surface area contributed by atoms with Gasteiger partial charge in [-0.2, -0.15) is 0 Å². The van der Waals surface area contributed by atoms with E-state index in [2.05, 4.69) is 29.2 Å². The van der Waals surface area contributed by atoms with Crippen molar-refractivity contribution in [3.8, 4) is 5.75 Å². The number of hydrogen-bond donors (Lipinski definition) is 0. The molecule has 4 aliphatic rings. The largest absolute Gasteiger partial charge is 0.487 e. The Balaban J connectivity index is 1.19. The molecule has 1 aromatic rings. The summed E-state index contributed by atoms with van der Waals surface area (Å²) in [7, 11) is 0. The SMILES string of the molecule is O=C(C1CCC2(CC1)CC2)N1CCC2(CCc3ccccc3O2)CC1. The van der Waals surface area contributed by atoms with Crippen LogP contribution in [0.5, 0.6) is 5.75 Å². The Morgan fingerprint density at radius 1 is 0.960 bits per heavy atom. The molecule has 2 saturated carbocycles. The number of rotatable bonds is 1. The lowest BCUT2D eigenvalue weighted by Crippen LogP contribution is -2.52. The Morgan fingerprint density at radius 2 is 1.68 bits per heavy atom. The summed E-state index contributed by atoms with van der Waals surface area (Å²) in [6.07, 6.45) is 11.9. The molecule has 0 atom stereocenters. The van der Waals surface area contributed by atoms with Crippen LogP contribution in [0.25, 0.3) is 0 Å². The zero-order chi connectivity index (χ0) is 16.9. The molecule has 134 valence electrons. The topological polar surface area (TPSA) is 29.5 Å². The van der Waals surface area contributed by atoms with Gasteiger partial charge in [-0.3, -0.25) is 4.79 Å². The molecule has 0 unspecified atom stereocenters. The van der Waals surface area contributed by atoms with Crippen LogP contribution >= 0.6 is 0 Å². The molecular weight excluding hydrogens is 310 g/mol. The van der Waals surface area contributed by atoms with Crippen molar-refractivity contribution in [3.05, 3.63) is 29.8 Å². The molecule has 0 radical (unpaired) electrons. The minimum absolute atomic E-state index is 0.0320. The number of fused-ring (bicyclic) bond motifs is 1. The lowest BCUT2D eigenvalue weighted by molar-refractivity contribution is -0.140. The van der Waals surface area contributed by atoms with Crippen LogP contribution in [-0.4, -0.2) is 29.5 Å². The van der Waals surface area contributed by atoms with Gasteiger partial charge in [0, 0.05) is 31.8 Å². The molecule has 1 amide bonds. The van der Waals surface area contributed by atoms with E-state index in [0.29, 0.717) is 17.2 Å². The predicted molar refractivity (Wildman–Crippen MR) is 97.6 cm³/mol. The van der Waals surface area contributed by atoms with E-state index in [1.165, 1.54) is 31.2 Å². The van der Waals surface area contributed by atoms with Gasteiger partial charge in [0.2, 0.25) is 5.91 Å². The van der Waals surface area contributed by atoms with Crippen molar-refractivity contribution in [1.29, 1.82) is 0 Å². The second-order valence-electron chi connectivity index (χ2n) is 8.99. The molecule has 1 aromatic carbocycles. The van der Waals surface area contributed by atoms with Crippen LogP contribution < -0.4 is 4.74 Å². The van der Waals surface area contributed by atoms with Crippen LogP contribution in [0.1, 0.15) is 63.4 Å². The first kappa shape index (κ1) is 15.7. The van der Waals surface area contributed by atoms with Crippen LogP contribution in [0.2, 0.25) is 0 Å². The Hall–Kier alpha value is -1.51. The minimum atomic E-state index is -0.0320. The highest BCUT2D eigenvalue weighted by atomic mass is 16.5. The summed E-state index contributed by atoms with van der Waals surface area (Å²) < 4.78 is 6.43. The quantitative estimate of drug-likeness (QED) is 0.761. The molecule has 0 bridgehead atoms. The van der Waals surface area contributed by atoms with Crippen molar-refractivity contribution in [2.45, 2.75) is 69.8 Å². The zero-order valence-corrected chi connectivity index (χ0v) is 15.1. The van der Waals surface area contributed by atoms with E-state index in [1.807, 2.05) is 0 Å². The maximum absolute atomic E-state index is 12.9. The lowest BCUT2D eigenvalue weighted by Gasteiger charge is -2.45. The van der Waals surface area contributed by atoms with Crippen molar-refractivity contribution in [2.75, 3.05) is 13.1 Å². The molecule has 2 spiro atoms. The highest BCUT2D eigenvalue weighted by molar-refractivity contribution is 5.79. The standard InChI is InChI=1S/C22H29NO2/c24-20(18-5-8-21(9-6-18)11-12-21)23-15-13-22(14-16-23)10-7-17-3-1-2-4-19(17)25-22/h1-4,18H,5-16H2. The predicted octanol–water partition coefficient (Wildman–Crippen LogP) is 4.34. The van der Waals surface area contributed by atoms with Gasteiger partial charge < -0.3 is 9.64 Å². The number of hydrogen-bond acceptors (Lipinski definition) is 2. The number of likely N-dealkylation sites (tertiary alicyclic amines) is 1. The molecule has 0 aromatic heterocycles. The highest BCUT2D eigenvalue weighted by Gasteiger charge is 2.47. The number of piperidine rings is 1. The number of nitrogens with zero attached hydrogens (tertiary/aromatic N) is 1. The number of amides is 1. The fourth-order valence-corrected chi connectivity index (χ4v) is 5.36. The van der Waals surface area contributed by atoms with Gasteiger partial charge in [0.05, 0.1) is 0 Å². The number of para-hydroxylation sites is 1. The molecule has 3 nitrogen and oxygen atoms in total. The zero-order valence-electron chi connectivity index (χ0n) is 15.1. The molecular formula is C22H29NO2. The van der Waals surface area contributed by atoms with Crippen LogP contribution in [0.4, 0.5) is 0 Å². The van der Waals surface area contributed by atoms with Gasteiger partial charge in [0.15, 0.2) is 0 Å². The number of aryl methyl sites for hydroxylation is 1. The molecule has 2 aliphatic heterocycles. The minimum Gasteiger partial charge on any atom is -0.487 e. The molecule has 0 N–H and O–H groups in total. The maximum Gasteiger partial charge on any atom is 0.225 e. The van der Waals surface area contributed by atoms with Gasteiger partial charge in [0.1, 0.15) is 11.4 Å². The van der Waals surface area contributed by atoms with Gasteiger partial charge in [-0.1, -0.05) is 18.2 Å². The normalized spacial score (nSPS) is 27.0. The molecule has 2 heterocycles.